The Morgan fingerprint density at radius 1 is 1.03 bits per heavy atom. The van der Waals surface area contributed by atoms with Gasteiger partial charge in [-0.2, -0.15) is 0 Å². The highest BCUT2D eigenvalue weighted by atomic mass is 35.5. The molecule has 0 unspecified atom stereocenters. The van der Waals surface area contributed by atoms with E-state index in [1.165, 1.54) is 11.3 Å². The Balaban J connectivity index is 1.56. The van der Waals surface area contributed by atoms with Crippen LogP contribution in [0.4, 0.5) is 0 Å². The number of nitrogens with zero attached hydrogens (tertiary/aromatic N) is 3. The zero-order chi connectivity index (χ0) is 22.1. The molecule has 0 aliphatic carbocycles. The average molecular weight is 460 g/mol. The molecule has 2 heterocycles. The molecule has 0 saturated heterocycles. The van der Waals surface area contributed by atoms with Crippen LogP contribution in [0.2, 0.25) is 5.02 Å². The number of hydrogen-bond acceptors (Lipinski definition) is 5. The summed E-state index contributed by atoms with van der Waals surface area (Å²) in [7, 11) is 1.62. The van der Waals surface area contributed by atoms with Gasteiger partial charge in [-0.15, -0.1) is 10.2 Å². The number of carbonyl (C=O) groups is 1. The predicted molar refractivity (Wildman–Crippen MR) is 128 cm³/mol. The van der Waals surface area contributed by atoms with E-state index >= 15 is 0 Å². The second-order valence-electron chi connectivity index (χ2n) is 7.29. The van der Waals surface area contributed by atoms with E-state index in [-0.39, 0.29) is 5.78 Å². The Morgan fingerprint density at radius 3 is 2.56 bits per heavy atom. The van der Waals surface area contributed by atoms with Gasteiger partial charge in [0.2, 0.25) is 5.78 Å². The fourth-order valence-electron chi connectivity index (χ4n) is 3.63. The number of ether oxygens (including phenoxy) is 1. The molecule has 0 N–H and O–H groups in total. The summed E-state index contributed by atoms with van der Waals surface area (Å²) in [6, 6.07) is 23.2. The van der Waals surface area contributed by atoms with Crippen LogP contribution in [0.1, 0.15) is 20.9 Å². The molecule has 32 heavy (non-hydrogen) atoms. The summed E-state index contributed by atoms with van der Waals surface area (Å²) >= 11 is 7.32. The molecular formula is C25H18ClN3O2S. The minimum Gasteiger partial charge on any atom is -0.497 e. The molecule has 5 rings (SSSR count). The lowest BCUT2D eigenvalue weighted by Gasteiger charge is -2.06. The van der Waals surface area contributed by atoms with E-state index in [1.54, 1.807) is 7.11 Å². The summed E-state index contributed by atoms with van der Waals surface area (Å²) in [6.45, 7) is 0.610. The molecule has 0 radical (unpaired) electrons. The average Bonchev–Trinajstić information content (AvgIpc) is 3.46. The monoisotopic (exact) mass is 459 g/mol. The van der Waals surface area contributed by atoms with Crippen molar-refractivity contribution in [3.8, 4) is 16.3 Å². The number of fused-ring (bicyclic) bond motifs is 1. The topological polar surface area (TPSA) is 57.0 Å². The lowest BCUT2D eigenvalue weighted by atomic mass is 10.1. The molecular weight excluding hydrogens is 442 g/mol. The van der Waals surface area contributed by atoms with Gasteiger partial charge >= 0.3 is 0 Å². The van der Waals surface area contributed by atoms with E-state index in [9.17, 15) is 4.79 Å². The Kier molecular flexibility index (Phi) is 5.47. The zero-order valence-electron chi connectivity index (χ0n) is 17.2. The third kappa shape index (κ3) is 3.90. The first-order valence-corrected chi connectivity index (χ1v) is 11.2. The van der Waals surface area contributed by atoms with Gasteiger partial charge in [0, 0.05) is 34.2 Å². The standard InChI is InChI=1S/C25H18ClN3O2S/c1-31-19-11-12-22-20(13-19)21(15-29(22)14-16-7-9-18(26)10-8-16)23(30)25-28-27-24(32-25)17-5-3-2-4-6-17/h2-13,15H,14H2,1H3. The number of methoxy groups -OCH3 is 1. The number of halogens is 1. The van der Waals surface area contributed by atoms with Crippen molar-refractivity contribution < 1.29 is 9.53 Å². The van der Waals surface area contributed by atoms with Gasteiger partial charge in [-0.25, -0.2) is 0 Å². The molecule has 5 nitrogen and oxygen atoms in total. The zero-order valence-corrected chi connectivity index (χ0v) is 18.7. The molecule has 0 aliphatic rings. The van der Waals surface area contributed by atoms with Crippen molar-refractivity contribution in [1.29, 1.82) is 0 Å². The van der Waals surface area contributed by atoms with Crippen LogP contribution in [0, 0.1) is 0 Å². The molecule has 158 valence electrons. The van der Waals surface area contributed by atoms with Gasteiger partial charge in [0.25, 0.3) is 0 Å². The maximum absolute atomic E-state index is 13.5. The largest absolute Gasteiger partial charge is 0.497 e. The molecule has 0 atom stereocenters. The highest BCUT2D eigenvalue weighted by molar-refractivity contribution is 7.16. The van der Waals surface area contributed by atoms with Gasteiger partial charge < -0.3 is 9.30 Å². The minimum atomic E-state index is -0.155. The van der Waals surface area contributed by atoms with Crippen molar-refractivity contribution in [2.24, 2.45) is 0 Å². The molecule has 0 amide bonds. The maximum Gasteiger partial charge on any atom is 0.225 e. The van der Waals surface area contributed by atoms with Crippen LogP contribution >= 0.6 is 22.9 Å². The first-order chi connectivity index (χ1) is 15.6. The van der Waals surface area contributed by atoms with Crippen LogP contribution < -0.4 is 4.74 Å². The fraction of sp³-hybridized carbons (Fsp3) is 0.0800. The van der Waals surface area contributed by atoms with E-state index in [0.29, 0.717) is 27.9 Å². The summed E-state index contributed by atoms with van der Waals surface area (Å²) in [5, 5.41) is 11.0. The number of benzene rings is 3. The molecule has 0 aliphatic heterocycles. The quantitative estimate of drug-likeness (QED) is 0.288. The van der Waals surface area contributed by atoms with Gasteiger partial charge in [0.05, 0.1) is 12.7 Å². The number of ketones is 1. The molecule has 3 aromatic carbocycles. The van der Waals surface area contributed by atoms with Crippen LogP contribution in [-0.2, 0) is 6.54 Å². The van der Waals surface area contributed by atoms with Crippen LogP contribution in [0.5, 0.6) is 5.75 Å². The van der Waals surface area contributed by atoms with Crippen molar-refractivity contribution in [2.75, 3.05) is 7.11 Å². The van der Waals surface area contributed by atoms with E-state index < -0.39 is 0 Å². The fourth-order valence-corrected chi connectivity index (χ4v) is 4.56. The van der Waals surface area contributed by atoms with E-state index in [1.807, 2.05) is 79.0 Å². The SMILES string of the molecule is COc1ccc2c(c1)c(C(=O)c1nnc(-c3ccccc3)s1)cn2Cc1ccc(Cl)cc1. The molecule has 5 aromatic rings. The maximum atomic E-state index is 13.5. The molecule has 0 spiro atoms. The lowest BCUT2D eigenvalue weighted by Crippen LogP contribution is -2.01. The number of carbonyl (C=O) groups excluding carboxylic acids is 1. The van der Waals surface area contributed by atoms with Crippen LogP contribution in [0.25, 0.3) is 21.5 Å². The predicted octanol–water partition coefficient (Wildman–Crippen LogP) is 6.10. The third-order valence-electron chi connectivity index (χ3n) is 5.24. The van der Waals surface area contributed by atoms with Gasteiger partial charge in [-0.05, 0) is 35.9 Å². The molecule has 0 fully saturated rings. The first kappa shape index (κ1) is 20.4. The van der Waals surface area contributed by atoms with Crippen LogP contribution in [-0.4, -0.2) is 27.7 Å². The van der Waals surface area contributed by atoms with E-state index in [2.05, 4.69) is 14.8 Å². The number of aromatic nitrogens is 3. The van der Waals surface area contributed by atoms with Crippen molar-refractivity contribution in [3.63, 3.8) is 0 Å². The van der Waals surface area contributed by atoms with Gasteiger partial charge in [-0.1, -0.05) is 65.4 Å². The highest BCUT2D eigenvalue weighted by Crippen LogP contribution is 2.31. The smallest absolute Gasteiger partial charge is 0.225 e. The second kappa shape index (κ2) is 8.57. The lowest BCUT2D eigenvalue weighted by molar-refractivity contribution is 0.103. The van der Waals surface area contributed by atoms with E-state index in [0.717, 1.165) is 27.0 Å². The summed E-state index contributed by atoms with van der Waals surface area (Å²) in [6.07, 6.45) is 1.88. The Morgan fingerprint density at radius 2 is 1.81 bits per heavy atom. The second-order valence-corrected chi connectivity index (χ2v) is 8.70. The Hall–Kier alpha value is -3.48. The number of hydrogen-bond donors (Lipinski definition) is 0. The van der Waals surface area contributed by atoms with Crippen LogP contribution in [0.15, 0.2) is 79.0 Å². The molecule has 0 saturated carbocycles. The van der Waals surface area contributed by atoms with Crippen molar-refractivity contribution >= 4 is 39.6 Å². The summed E-state index contributed by atoms with van der Waals surface area (Å²) < 4.78 is 7.46. The normalized spacial score (nSPS) is 11.1. The molecule has 2 aromatic heterocycles. The van der Waals surface area contributed by atoms with Crippen molar-refractivity contribution in [2.45, 2.75) is 6.54 Å². The van der Waals surface area contributed by atoms with Crippen molar-refractivity contribution in [1.82, 2.24) is 14.8 Å². The number of rotatable bonds is 6. The van der Waals surface area contributed by atoms with Crippen LogP contribution in [0.3, 0.4) is 0 Å². The van der Waals surface area contributed by atoms with E-state index in [4.69, 9.17) is 16.3 Å². The Bertz CT molecular complexity index is 1410. The Labute approximate surface area is 193 Å². The summed E-state index contributed by atoms with van der Waals surface area (Å²) in [4.78, 5) is 13.5. The van der Waals surface area contributed by atoms with Gasteiger partial charge in [0.15, 0.2) is 5.01 Å². The third-order valence-corrected chi connectivity index (χ3v) is 6.46. The highest BCUT2D eigenvalue weighted by Gasteiger charge is 2.21. The minimum absolute atomic E-state index is 0.155. The van der Waals surface area contributed by atoms with Gasteiger partial charge in [-0.3, -0.25) is 4.79 Å². The summed E-state index contributed by atoms with van der Waals surface area (Å²) in [5.74, 6) is 0.538. The van der Waals surface area contributed by atoms with Gasteiger partial charge in [0.1, 0.15) is 10.8 Å². The first-order valence-electron chi connectivity index (χ1n) is 9.97. The molecule has 7 heteroatoms. The van der Waals surface area contributed by atoms with Crippen molar-refractivity contribution in [3.05, 3.63) is 100 Å². The summed E-state index contributed by atoms with van der Waals surface area (Å²) in [5.41, 5.74) is 3.54. The molecule has 0 bridgehead atoms.